The Balaban J connectivity index is 1.97. The second kappa shape index (κ2) is 6.53. The van der Waals surface area contributed by atoms with E-state index in [1.807, 2.05) is 0 Å². The quantitative estimate of drug-likeness (QED) is 0.895. The normalized spacial score (nSPS) is 18.5. The van der Waals surface area contributed by atoms with E-state index in [-0.39, 0.29) is 0 Å². The van der Waals surface area contributed by atoms with Crippen molar-refractivity contribution in [1.29, 1.82) is 0 Å². The maximum atomic E-state index is 3.42. The van der Waals surface area contributed by atoms with E-state index < -0.39 is 0 Å². The van der Waals surface area contributed by atoms with Crippen molar-refractivity contribution in [2.45, 2.75) is 40.0 Å². The predicted octanol–water partition coefficient (Wildman–Crippen LogP) is 3.01. The molecule has 1 aliphatic heterocycles. The van der Waals surface area contributed by atoms with Gasteiger partial charge in [0.25, 0.3) is 0 Å². The van der Waals surface area contributed by atoms with E-state index in [4.69, 9.17) is 0 Å². The molecule has 1 N–H and O–H groups in total. The van der Waals surface area contributed by atoms with Crippen LogP contribution in [0.5, 0.6) is 0 Å². The Labute approximate surface area is 118 Å². The Morgan fingerprint density at radius 2 is 1.68 bits per heavy atom. The van der Waals surface area contributed by atoms with Gasteiger partial charge < -0.3 is 10.2 Å². The zero-order chi connectivity index (χ0) is 13.8. The zero-order valence-corrected chi connectivity index (χ0v) is 12.9. The maximum absolute atomic E-state index is 3.42. The van der Waals surface area contributed by atoms with Gasteiger partial charge in [-0.2, -0.15) is 0 Å². The van der Waals surface area contributed by atoms with Crippen molar-refractivity contribution in [3.05, 3.63) is 34.4 Å². The van der Waals surface area contributed by atoms with E-state index in [0.29, 0.717) is 5.92 Å². The van der Waals surface area contributed by atoms with Gasteiger partial charge in [0.1, 0.15) is 0 Å². The Bertz CT molecular complexity index is 396. The second-order valence-corrected chi connectivity index (χ2v) is 6.09. The molecule has 19 heavy (non-hydrogen) atoms. The monoisotopic (exact) mass is 260 g/mol. The summed E-state index contributed by atoms with van der Waals surface area (Å²) in [6, 6.07) is 4.65. The average molecular weight is 260 g/mol. The lowest BCUT2D eigenvalue weighted by Gasteiger charge is -2.29. The molecule has 2 nitrogen and oxygen atoms in total. The third-order valence-electron chi connectivity index (χ3n) is 4.32. The van der Waals surface area contributed by atoms with Gasteiger partial charge in [-0.05, 0) is 56.3 Å². The number of nitrogens with one attached hydrogen (secondary N) is 1. The van der Waals surface area contributed by atoms with Crippen molar-refractivity contribution in [3.63, 3.8) is 0 Å². The molecule has 0 radical (unpaired) electrons. The minimum atomic E-state index is 0.662. The molecule has 1 aromatic carbocycles. The molecule has 0 amide bonds. The summed E-state index contributed by atoms with van der Waals surface area (Å²) >= 11 is 0. The summed E-state index contributed by atoms with van der Waals surface area (Å²) < 4.78 is 0. The van der Waals surface area contributed by atoms with Crippen LogP contribution in [-0.4, -0.2) is 37.6 Å². The number of aryl methyl sites for hydroxylation is 3. The summed E-state index contributed by atoms with van der Waals surface area (Å²) in [6.07, 6.45) is 1.27. The highest BCUT2D eigenvalue weighted by atomic mass is 15.2. The lowest BCUT2D eigenvalue weighted by atomic mass is 9.88. The molecule has 1 saturated heterocycles. The topological polar surface area (TPSA) is 15.3 Å². The highest BCUT2D eigenvalue weighted by Gasteiger charge is 2.15. The van der Waals surface area contributed by atoms with Crippen molar-refractivity contribution in [2.24, 2.45) is 0 Å². The summed E-state index contributed by atoms with van der Waals surface area (Å²) in [5, 5.41) is 3.42. The Kier molecular flexibility index (Phi) is 5.00. The third kappa shape index (κ3) is 3.80. The Morgan fingerprint density at radius 1 is 1.11 bits per heavy atom. The third-order valence-corrected chi connectivity index (χ3v) is 4.32. The van der Waals surface area contributed by atoms with Crippen LogP contribution in [0.25, 0.3) is 0 Å². The number of rotatable bonds is 4. The maximum Gasteiger partial charge on any atom is 0.0107 e. The minimum Gasteiger partial charge on any atom is -0.314 e. The van der Waals surface area contributed by atoms with Crippen molar-refractivity contribution < 1.29 is 0 Å². The lowest BCUT2D eigenvalue weighted by Crippen LogP contribution is -2.43. The molecule has 1 heterocycles. The fraction of sp³-hybridized carbons (Fsp3) is 0.647. The molecular formula is C17H28N2. The number of benzene rings is 1. The first-order valence-electron chi connectivity index (χ1n) is 7.58. The standard InChI is InChI=1S/C17H28N2/c1-13-11-15(3)17(16(4)12-13)14(2)5-8-19-9-6-18-7-10-19/h11-12,14,18H,5-10H2,1-4H3. The first-order chi connectivity index (χ1) is 9.08. The molecule has 2 heteroatoms. The van der Waals surface area contributed by atoms with E-state index in [0.717, 1.165) is 13.1 Å². The molecule has 1 fully saturated rings. The number of hydrogen-bond donors (Lipinski definition) is 1. The molecule has 0 saturated carbocycles. The van der Waals surface area contributed by atoms with Crippen molar-refractivity contribution in [2.75, 3.05) is 32.7 Å². The van der Waals surface area contributed by atoms with Gasteiger partial charge in [0.05, 0.1) is 0 Å². The van der Waals surface area contributed by atoms with Crippen LogP contribution in [0.2, 0.25) is 0 Å². The van der Waals surface area contributed by atoms with Gasteiger partial charge in [-0.15, -0.1) is 0 Å². The van der Waals surface area contributed by atoms with E-state index >= 15 is 0 Å². The average Bonchev–Trinajstić information content (AvgIpc) is 2.36. The second-order valence-electron chi connectivity index (χ2n) is 6.09. The van der Waals surface area contributed by atoms with Crippen LogP contribution in [0, 0.1) is 20.8 Å². The van der Waals surface area contributed by atoms with Gasteiger partial charge in [-0.25, -0.2) is 0 Å². The summed E-state index contributed by atoms with van der Waals surface area (Å²) in [7, 11) is 0. The van der Waals surface area contributed by atoms with Gasteiger partial charge in [-0.3, -0.25) is 0 Å². The molecule has 0 aliphatic carbocycles. The molecule has 0 bridgehead atoms. The Morgan fingerprint density at radius 3 is 2.26 bits per heavy atom. The van der Waals surface area contributed by atoms with Crippen LogP contribution < -0.4 is 5.32 Å². The van der Waals surface area contributed by atoms with Crippen molar-refractivity contribution in [3.8, 4) is 0 Å². The van der Waals surface area contributed by atoms with E-state index in [9.17, 15) is 0 Å². The molecule has 1 unspecified atom stereocenters. The van der Waals surface area contributed by atoms with Crippen LogP contribution in [0.1, 0.15) is 41.5 Å². The smallest absolute Gasteiger partial charge is 0.0107 e. The van der Waals surface area contributed by atoms with Crippen molar-refractivity contribution in [1.82, 2.24) is 10.2 Å². The Hall–Kier alpha value is -0.860. The largest absolute Gasteiger partial charge is 0.314 e. The first-order valence-corrected chi connectivity index (χ1v) is 7.58. The van der Waals surface area contributed by atoms with Gasteiger partial charge in [0.15, 0.2) is 0 Å². The van der Waals surface area contributed by atoms with Crippen LogP contribution in [0.4, 0.5) is 0 Å². The summed E-state index contributed by atoms with van der Waals surface area (Å²) in [5.74, 6) is 0.662. The predicted molar refractivity (Wildman–Crippen MR) is 83.0 cm³/mol. The van der Waals surface area contributed by atoms with Gasteiger partial charge >= 0.3 is 0 Å². The fourth-order valence-corrected chi connectivity index (χ4v) is 3.42. The first kappa shape index (κ1) is 14.5. The van der Waals surface area contributed by atoms with Crippen LogP contribution in [0.3, 0.4) is 0 Å². The van der Waals surface area contributed by atoms with Gasteiger partial charge in [0.2, 0.25) is 0 Å². The molecule has 106 valence electrons. The van der Waals surface area contributed by atoms with Crippen LogP contribution in [-0.2, 0) is 0 Å². The molecule has 0 aromatic heterocycles. The highest BCUT2D eigenvalue weighted by molar-refractivity contribution is 5.39. The zero-order valence-electron chi connectivity index (χ0n) is 12.9. The van der Waals surface area contributed by atoms with E-state index in [1.54, 1.807) is 5.56 Å². The van der Waals surface area contributed by atoms with E-state index in [1.165, 1.54) is 42.7 Å². The number of hydrogen-bond acceptors (Lipinski definition) is 2. The van der Waals surface area contributed by atoms with Crippen LogP contribution >= 0.6 is 0 Å². The summed E-state index contributed by atoms with van der Waals surface area (Å²) in [6.45, 7) is 15.0. The fourth-order valence-electron chi connectivity index (χ4n) is 3.42. The molecule has 1 atom stereocenters. The lowest BCUT2D eigenvalue weighted by molar-refractivity contribution is 0.234. The van der Waals surface area contributed by atoms with Crippen LogP contribution in [0.15, 0.2) is 12.1 Å². The number of piperazine rings is 1. The summed E-state index contributed by atoms with van der Waals surface area (Å²) in [5.41, 5.74) is 5.88. The van der Waals surface area contributed by atoms with Gasteiger partial charge in [-0.1, -0.05) is 24.6 Å². The summed E-state index contributed by atoms with van der Waals surface area (Å²) in [4.78, 5) is 2.59. The molecule has 2 rings (SSSR count). The molecule has 1 aliphatic rings. The highest BCUT2D eigenvalue weighted by Crippen LogP contribution is 2.27. The SMILES string of the molecule is Cc1cc(C)c(C(C)CCN2CCNCC2)c(C)c1. The molecule has 1 aromatic rings. The van der Waals surface area contributed by atoms with Gasteiger partial charge in [0, 0.05) is 26.2 Å². The molecular weight excluding hydrogens is 232 g/mol. The minimum absolute atomic E-state index is 0.662. The van der Waals surface area contributed by atoms with Crippen molar-refractivity contribution >= 4 is 0 Å². The molecule has 0 spiro atoms. The van der Waals surface area contributed by atoms with E-state index in [2.05, 4.69) is 50.0 Å². The number of nitrogens with zero attached hydrogens (tertiary/aromatic N) is 1.